The van der Waals surface area contributed by atoms with E-state index >= 15 is 0 Å². The number of hydrogen-bond donors (Lipinski definition) is 0. The van der Waals surface area contributed by atoms with E-state index < -0.39 is 33.7 Å². The molecule has 2 rings (SSSR count). The maximum atomic E-state index is 14.6. The first-order valence-corrected chi connectivity index (χ1v) is 10.7. The summed E-state index contributed by atoms with van der Waals surface area (Å²) >= 11 is 0. The van der Waals surface area contributed by atoms with Gasteiger partial charge in [0.2, 0.25) is 15.0 Å². The van der Waals surface area contributed by atoms with Gasteiger partial charge in [0.1, 0.15) is 5.78 Å². The molecule has 9 heteroatoms. The zero-order chi connectivity index (χ0) is 13.6. The highest BCUT2D eigenvalue weighted by molar-refractivity contribution is 8.16. The van der Waals surface area contributed by atoms with Gasteiger partial charge in [0, 0.05) is 17.5 Å². The van der Waals surface area contributed by atoms with Gasteiger partial charge in [0.05, 0.1) is 18.4 Å². The van der Waals surface area contributed by atoms with Gasteiger partial charge in [-0.05, 0) is 12.8 Å². The summed E-state index contributed by atoms with van der Waals surface area (Å²) in [5, 5.41) is 0. The molecule has 1 heterocycles. The van der Waals surface area contributed by atoms with E-state index in [1.54, 1.807) is 0 Å². The molecule has 18 heavy (non-hydrogen) atoms. The highest BCUT2D eigenvalue weighted by Gasteiger charge is 2.42. The van der Waals surface area contributed by atoms with Crippen LogP contribution in [-0.4, -0.2) is 28.1 Å². The number of halogens is 5. The highest BCUT2D eigenvalue weighted by Crippen LogP contribution is 2.73. The Balaban J connectivity index is 2.55. The third-order valence-corrected chi connectivity index (χ3v) is 12.2. The Morgan fingerprint density at radius 3 is 2.11 bits per heavy atom. The molecule has 0 spiro atoms. The predicted molar refractivity (Wildman–Crippen MR) is 71.8 cm³/mol. The third kappa shape index (κ3) is 3.03. The van der Waals surface area contributed by atoms with E-state index in [0.29, 0.717) is 12.8 Å². The van der Waals surface area contributed by atoms with Crippen molar-refractivity contribution >= 4 is 44.6 Å². The number of carbonyl (C=O) groups excluding carboxylic acids is 1. The molecular formula is C9H12F5OP3. The van der Waals surface area contributed by atoms with Crippen molar-refractivity contribution in [2.75, 3.05) is 0 Å². The molecule has 1 nitrogen and oxygen atoms in total. The highest BCUT2D eigenvalue weighted by atomic mass is 31.3. The molecule has 0 radical (unpaired) electrons. The maximum absolute atomic E-state index is 14.6. The molecule has 0 aromatic heterocycles. The molecule has 104 valence electrons. The van der Waals surface area contributed by atoms with Crippen molar-refractivity contribution < 1.29 is 25.8 Å². The van der Waals surface area contributed by atoms with Crippen molar-refractivity contribution in [1.82, 2.24) is 0 Å². The summed E-state index contributed by atoms with van der Waals surface area (Å²) in [4.78, 5) is 11.6. The number of carbonyl (C=O) groups is 1. The molecule has 0 saturated heterocycles. The monoisotopic (exact) mass is 324 g/mol. The molecule has 0 aromatic rings. The maximum Gasteiger partial charge on any atom is 0.243 e. The first kappa shape index (κ1) is 14.6. The molecule has 1 fully saturated rings. The molecule has 0 N–H and O–H groups in total. The molecule has 0 aromatic carbocycles. The lowest BCUT2D eigenvalue weighted by Gasteiger charge is -2.29. The largest absolute Gasteiger partial charge is 0.299 e. The van der Waals surface area contributed by atoms with Crippen LogP contribution in [-0.2, 0) is 4.79 Å². The number of hydrogen-bond acceptors (Lipinski definition) is 1. The Hall–Kier alpha value is 0.220. The number of Topliss-reactive ketones (excluding diaryl/α,β-unsaturated/α-hetero) is 1. The fourth-order valence-corrected chi connectivity index (χ4v) is 12.5. The standard InChI is InChI=1S/C9H12F5OP3/c10-16(9-4-2-1-3-8(9)15)5-17(11,12)7-18(13,14)6-16/h5-7,9H,1-4H2. The summed E-state index contributed by atoms with van der Waals surface area (Å²) in [6, 6.07) is 0. The van der Waals surface area contributed by atoms with Crippen molar-refractivity contribution in [2.45, 2.75) is 31.3 Å². The van der Waals surface area contributed by atoms with Crippen molar-refractivity contribution in [1.29, 1.82) is 0 Å². The van der Waals surface area contributed by atoms with Crippen molar-refractivity contribution in [3.8, 4) is 0 Å². The van der Waals surface area contributed by atoms with Gasteiger partial charge in [-0.2, -0.15) is 16.8 Å². The van der Waals surface area contributed by atoms with Crippen LogP contribution in [0.25, 0.3) is 0 Å². The summed E-state index contributed by atoms with van der Waals surface area (Å²) in [7, 11) is -14.5. The van der Waals surface area contributed by atoms with Crippen LogP contribution in [0, 0.1) is 0 Å². The van der Waals surface area contributed by atoms with E-state index in [1.165, 1.54) is 0 Å². The third-order valence-electron chi connectivity index (χ3n) is 2.97. The topological polar surface area (TPSA) is 17.1 Å². The number of rotatable bonds is 1. The zero-order valence-corrected chi connectivity index (χ0v) is 12.0. The molecule has 0 bridgehead atoms. The van der Waals surface area contributed by atoms with Gasteiger partial charge in [0.25, 0.3) is 0 Å². The van der Waals surface area contributed by atoms with Crippen LogP contribution in [0.1, 0.15) is 25.7 Å². The van der Waals surface area contributed by atoms with Gasteiger partial charge < -0.3 is 0 Å². The van der Waals surface area contributed by atoms with E-state index in [1.807, 2.05) is 0 Å². The van der Waals surface area contributed by atoms with Crippen molar-refractivity contribution in [3.05, 3.63) is 0 Å². The van der Waals surface area contributed by atoms with Crippen LogP contribution in [0.5, 0.6) is 0 Å². The van der Waals surface area contributed by atoms with Gasteiger partial charge in [-0.1, -0.05) is 6.42 Å². The van der Waals surface area contributed by atoms with Gasteiger partial charge in [0.15, 0.2) is 0 Å². The second kappa shape index (κ2) is 4.65. The lowest BCUT2D eigenvalue weighted by atomic mass is 9.99. The minimum atomic E-state index is -5.13. The molecule has 2 atom stereocenters. The smallest absolute Gasteiger partial charge is 0.243 e. The quantitative estimate of drug-likeness (QED) is 0.475. The van der Waals surface area contributed by atoms with Crippen molar-refractivity contribution in [3.63, 3.8) is 0 Å². The van der Waals surface area contributed by atoms with E-state index in [2.05, 4.69) is 0 Å². The minimum absolute atomic E-state index is 0.107. The van der Waals surface area contributed by atoms with Gasteiger partial charge in [-0.25, -0.2) is 4.20 Å². The number of ketones is 1. The Morgan fingerprint density at radius 1 is 0.944 bits per heavy atom. The fourth-order valence-electron chi connectivity index (χ4n) is 2.31. The van der Waals surface area contributed by atoms with Gasteiger partial charge in [-0.15, -0.1) is 0 Å². The zero-order valence-electron chi connectivity index (χ0n) is 9.28. The summed E-state index contributed by atoms with van der Waals surface area (Å²) in [6.45, 7) is 0. The van der Waals surface area contributed by atoms with Crippen LogP contribution in [0.2, 0.25) is 0 Å². The normalized spacial score (nSPS) is 38.3. The van der Waals surface area contributed by atoms with Crippen LogP contribution in [0.4, 0.5) is 21.0 Å². The van der Waals surface area contributed by atoms with Crippen molar-refractivity contribution in [2.24, 2.45) is 0 Å². The lowest BCUT2D eigenvalue weighted by molar-refractivity contribution is -0.119. The first-order valence-electron chi connectivity index (χ1n) is 5.41. The summed E-state index contributed by atoms with van der Waals surface area (Å²) < 4.78 is 67.7. The molecule has 0 amide bonds. The van der Waals surface area contributed by atoms with E-state index in [9.17, 15) is 25.8 Å². The summed E-state index contributed by atoms with van der Waals surface area (Å²) in [5.41, 5.74) is -1.17. The summed E-state index contributed by atoms with van der Waals surface area (Å²) in [6.07, 6.45) is 1.33. The Bertz CT molecular complexity index is 533. The predicted octanol–water partition coefficient (Wildman–Crippen LogP) is 5.27. The average molecular weight is 324 g/mol. The van der Waals surface area contributed by atoms with E-state index in [-0.39, 0.29) is 29.5 Å². The SMILES string of the molecule is O=C1CCCCC1P1(F)=CP(F)(F)=CP(F)(F)=C1. The Kier molecular flexibility index (Phi) is 3.78. The fraction of sp³-hybridized carbons (Fsp3) is 0.556. The second-order valence-electron chi connectivity index (χ2n) is 4.52. The van der Waals surface area contributed by atoms with E-state index in [0.717, 1.165) is 0 Å². The first-order chi connectivity index (χ1) is 8.14. The summed E-state index contributed by atoms with van der Waals surface area (Å²) in [5.74, 6) is -0.480. The second-order valence-corrected chi connectivity index (χ2v) is 11.8. The van der Waals surface area contributed by atoms with Gasteiger partial charge >= 0.3 is 0 Å². The van der Waals surface area contributed by atoms with Crippen LogP contribution < -0.4 is 0 Å². The minimum Gasteiger partial charge on any atom is -0.299 e. The van der Waals surface area contributed by atoms with Gasteiger partial charge in [-0.3, -0.25) is 4.79 Å². The van der Waals surface area contributed by atoms with E-state index in [4.69, 9.17) is 0 Å². The molecular weight excluding hydrogens is 312 g/mol. The molecule has 1 aliphatic carbocycles. The van der Waals surface area contributed by atoms with Crippen LogP contribution in [0.15, 0.2) is 0 Å². The van der Waals surface area contributed by atoms with Crippen LogP contribution >= 0.6 is 22.2 Å². The lowest BCUT2D eigenvalue weighted by Crippen LogP contribution is -2.25. The average Bonchev–Trinajstić information content (AvgIpc) is 2.11. The molecule has 2 aliphatic rings. The Labute approximate surface area is 102 Å². The Morgan fingerprint density at radius 2 is 1.56 bits per heavy atom. The van der Waals surface area contributed by atoms with Crippen LogP contribution in [0.3, 0.4) is 0 Å². The molecule has 1 saturated carbocycles. The molecule has 2 unspecified atom stereocenters. The molecule has 1 aliphatic heterocycles.